The number of hydrogen-bond acceptors (Lipinski definition) is 5. The van der Waals surface area contributed by atoms with Gasteiger partial charge in [-0.25, -0.2) is 4.79 Å². The lowest BCUT2D eigenvalue weighted by atomic mass is 10.1. The fraction of sp³-hybridized carbons (Fsp3) is 0.100. The molecule has 5 nitrogen and oxygen atoms in total. The van der Waals surface area contributed by atoms with Gasteiger partial charge in [-0.3, -0.25) is 9.36 Å². The summed E-state index contributed by atoms with van der Waals surface area (Å²) in [6.45, 7) is 1.99. The third-order valence-electron chi connectivity index (χ3n) is 4.23. The number of nitrogens with two attached hydrogens (primary N) is 1. The maximum absolute atomic E-state index is 13.3. The Balaban J connectivity index is 2.16. The van der Waals surface area contributed by atoms with Crippen molar-refractivity contribution in [3.05, 3.63) is 69.8 Å². The van der Waals surface area contributed by atoms with E-state index in [-0.39, 0.29) is 22.7 Å². The van der Waals surface area contributed by atoms with Gasteiger partial charge in [-0.2, -0.15) is 0 Å². The lowest BCUT2D eigenvalue weighted by Gasteiger charge is -2.11. The van der Waals surface area contributed by atoms with Gasteiger partial charge in [0.1, 0.15) is 4.88 Å². The van der Waals surface area contributed by atoms with Gasteiger partial charge in [-0.1, -0.05) is 36.4 Å². The van der Waals surface area contributed by atoms with Crippen molar-refractivity contribution in [2.75, 3.05) is 12.3 Å². The van der Waals surface area contributed by atoms with Crippen molar-refractivity contribution in [3.63, 3.8) is 0 Å². The van der Waals surface area contributed by atoms with Crippen LogP contribution in [0.15, 0.2) is 59.4 Å². The standard InChI is InChI=1S/C20H16N2O3S/c1-2-25-20(24)18-16(21)15-17(26-18)13-10-6-7-11-14(13)22(19(15)23)12-8-4-3-5-9-12/h3-11H,2,21H2,1H3. The van der Waals surface area contributed by atoms with E-state index < -0.39 is 5.97 Å². The molecule has 0 bridgehead atoms. The average Bonchev–Trinajstić information content (AvgIpc) is 3.01. The minimum atomic E-state index is -0.499. The predicted octanol–water partition coefficient (Wildman–Crippen LogP) is 3.96. The number of carbonyl (C=O) groups excluding carboxylic acids is 1. The Hall–Kier alpha value is -3.12. The Morgan fingerprint density at radius 1 is 1.12 bits per heavy atom. The van der Waals surface area contributed by atoms with E-state index in [1.807, 2.05) is 54.6 Å². The molecule has 2 N–H and O–H groups in total. The van der Waals surface area contributed by atoms with Crippen molar-refractivity contribution in [3.8, 4) is 5.69 Å². The molecule has 2 aromatic carbocycles. The van der Waals surface area contributed by atoms with Crippen molar-refractivity contribution in [2.24, 2.45) is 0 Å². The Labute approximate surface area is 153 Å². The maximum atomic E-state index is 13.3. The van der Waals surface area contributed by atoms with Crippen molar-refractivity contribution in [1.29, 1.82) is 0 Å². The second-order valence-electron chi connectivity index (χ2n) is 5.76. The third-order valence-corrected chi connectivity index (χ3v) is 5.45. The van der Waals surface area contributed by atoms with Gasteiger partial charge in [0.05, 0.1) is 27.9 Å². The molecule has 0 aliphatic heterocycles. The number of thiophene rings is 1. The minimum Gasteiger partial charge on any atom is -0.462 e. The molecule has 2 aromatic heterocycles. The van der Waals surface area contributed by atoms with E-state index in [1.165, 1.54) is 11.3 Å². The van der Waals surface area contributed by atoms with Crippen LogP contribution in [0, 0.1) is 0 Å². The fourth-order valence-electron chi connectivity index (χ4n) is 3.11. The summed E-state index contributed by atoms with van der Waals surface area (Å²) >= 11 is 1.21. The Morgan fingerprint density at radius 2 is 1.81 bits per heavy atom. The van der Waals surface area contributed by atoms with Crippen LogP contribution < -0.4 is 11.3 Å². The van der Waals surface area contributed by atoms with Crippen molar-refractivity contribution in [2.45, 2.75) is 6.92 Å². The maximum Gasteiger partial charge on any atom is 0.350 e. The quantitative estimate of drug-likeness (QED) is 0.558. The molecule has 0 spiro atoms. The molecule has 0 atom stereocenters. The molecule has 6 heteroatoms. The highest BCUT2D eigenvalue weighted by Gasteiger charge is 2.23. The summed E-state index contributed by atoms with van der Waals surface area (Å²) in [5.74, 6) is -0.499. The average molecular weight is 364 g/mol. The van der Waals surface area contributed by atoms with Crippen molar-refractivity contribution >= 4 is 44.0 Å². The summed E-state index contributed by atoms with van der Waals surface area (Å²) < 4.78 is 7.43. The Bertz CT molecular complexity index is 1190. The molecule has 0 radical (unpaired) electrons. The number of nitrogens with zero attached hydrogens (tertiary/aromatic N) is 1. The molecule has 130 valence electrons. The van der Waals surface area contributed by atoms with Gasteiger partial charge < -0.3 is 10.5 Å². The number of ether oxygens (including phenoxy) is 1. The zero-order chi connectivity index (χ0) is 18.3. The molecule has 0 aliphatic carbocycles. The molecule has 0 amide bonds. The topological polar surface area (TPSA) is 74.3 Å². The van der Waals surface area contributed by atoms with E-state index in [2.05, 4.69) is 0 Å². The number of benzene rings is 2. The summed E-state index contributed by atoms with van der Waals surface area (Å²) in [4.78, 5) is 25.8. The van der Waals surface area contributed by atoms with E-state index in [1.54, 1.807) is 11.5 Å². The van der Waals surface area contributed by atoms with Crippen LogP contribution in [0.3, 0.4) is 0 Å². The first-order valence-corrected chi connectivity index (χ1v) is 9.03. The van der Waals surface area contributed by atoms with Crippen molar-refractivity contribution < 1.29 is 9.53 Å². The Kier molecular flexibility index (Phi) is 3.97. The van der Waals surface area contributed by atoms with Gasteiger partial charge in [0.15, 0.2) is 0 Å². The number of hydrogen-bond donors (Lipinski definition) is 1. The van der Waals surface area contributed by atoms with Crippen LogP contribution in [-0.2, 0) is 4.74 Å². The highest BCUT2D eigenvalue weighted by molar-refractivity contribution is 7.22. The van der Waals surface area contributed by atoms with Crippen LogP contribution in [0.5, 0.6) is 0 Å². The molecule has 2 heterocycles. The molecule has 0 saturated carbocycles. The largest absolute Gasteiger partial charge is 0.462 e. The van der Waals surface area contributed by atoms with Crippen LogP contribution in [0.2, 0.25) is 0 Å². The van der Waals surface area contributed by atoms with Crippen LogP contribution in [0.1, 0.15) is 16.6 Å². The first-order valence-electron chi connectivity index (χ1n) is 8.21. The fourth-order valence-corrected chi connectivity index (χ4v) is 4.25. The number of anilines is 1. The molecule has 4 rings (SSSR count). The molecule has 0 aliphatic rings. The number of esters is 1. The number of rotatable bonds is 3. The lowest BCUT2D eigenvalue weighted by Crippen LogP contribution is -2.19. The van der Waals surface area contributed by atoms with Crippen LogP contribution in [0.25, 0.3) is 26.7 Å². The first-order chi connectivity index (χ1) is 12.6. The second kappa shape index (κ2) is 6.31. The molecule has 4 aromatic rings. The number of para-hydroxylation sites is 2. The van der Waals surface area contributed by atoms with Gasteiger partial charge >= 0.3 is 5.97 Å². The SMILES string of the molecule is CCOC(=O)c1sc2c(c1N)c(=O)n(-c1ccccc1)c1ccccc21. The predicted molar refractivity (Wildman–Crippen MR) is 105 cm³/mol. The monoisotopic (exact) mass is 364 g/mol. The molecule has 0 saturated heterocycles. The molecule has 26 heavy (non-hydrogen) atoms. The van der Waals surface area contributed by atoms with Crippen LogP contribution in [0.4, 0.5) is 5.69 Å². The molecular weight excluding hydrogens is 348 g/mol. The summed E-state index contributed by atoms with van der Waals surface area (Å²) in [6, 6.07) is 17.0. The van der Waals surface area contributed by atoms with Gasteiger partial charge in [0.25, 0.3) is 5.56 Å². The summed E-state index contributed by atoms with van der Waals surface area (Å²) in [6.07, 6.45) is 0. The van der Waals surface area contributed by atoms with Crippen LogP contribution in [-0.4, -0.2) is 17.1 Å². The summed E-state index contributed by atoms with van der Waals surface area (Å²) in [5.41, 5.74) is 7.67. The van der Waals surface area contributed by atoms with E-state index in [0.717, 1.165) is 16.6 Å². The highest BCUT2D eigenvalue weighted by Crippen LogP contribution is 2.37. The lowest BCUT2D eigenvalue weighted by molar-refractivity contribution is 0.0533. The smallest absolute Gasteiger partial charge is 0.350 e. The number of nitrogen functional groups attached to an aromatic ring is 1. The first kappa shape index (κ1) is 16.4. The zero-order valence-electron chi connectivity index (χ0n) is 14.1. The van der Waals surface area contributed by atoms with E-state index in [9.17, 15) is 9.59 Å². The molecule has 0 unspecified atom stereocenters. The number of pyridine rings is 1. The van der Waals surface area contributed by atoms with E-state index >= 15 is 0 Å². The minimum absolute atomic E-state index is 0.184. The van der Waals surface area contributed by atoms with Gasteiger partial charge in [-0.05, 0) is 25.1 Å². The summed E-state index contributed by atoms with van der Waals surface area (Å²) in [7, 11) is 0. The zero-order valence-corrected chi connectivity index (χ0v) is 14.9. The highest BCUT2D eigenvalue weighted by atomic mass is 32.1. The van der Waals surface area contributed by atoms with Gasteiger partial charge in [-0.15, -0.1) is 11.3 Å². The Morgan fingerprint density at radius 3 is 2.54 bits per heavy atom. The van der Waals surface area contributed by atoms with Gasteiger partial charge in [0.2, 0.25) is 0 Å². The molecular formula is C20H16N2O3S. The number of aromatic nitrogens is 1. The van der Waals surface area contributed by atoms with Crippen molar-refractivity contribution in [1.82, 2.24) is 4.57 Å². The van der Waals surface area contributed by atoms with E-state index in [0.29, 0.717) is 10.1 Å². The third kappa shape index (κ3) is 2.38. The number of fused-ring (bicyclic) bond motifs is 3. The van der Waals surface area contributed by atoms with Crippen LogP contribution >= 0.6 is 11.3 Å². The van der Waals surface area contributed by atoms with Gasteiger partial charge in [0, 0.05) is 11.1 Å². The second-order valence-corrected chi connectivity index (χ2v) is 6.78. The van der Waals surface area contributed by atoms with E-state index in [4.69, 9.17) is 10.5 Å². The summed E-state index contributed by atoms with van der Waals surface area (Å²) in [5, 5.41) is 1.24. The molecule has 0 fully saturated rings. The normalized spacial score (nSPS) is 11.1. The number of carbonyl (C=O) groups is 1.